The fraction of sp³-hybridized carbons (Fsp3) is 0.375. The number of rotatable bonds is 9. The van der Waals surface area contributed by atoms with Crippen molar-refractivity contribution >= 4 is 35.7 Å². The summed E-state index contributed by atoms with van der Waals surface area (Å²) < 4.78 is 41.0. The van der Waals surface area contributed by atoms with Crippen LogP contribution in [0.4, 0.5) is 5.69 Å². The van der Waals surface area contributed by atoms with E-state index in [-0.39, 0.29) is 34.7 Å². The van der Waals surface area contributed by atoms with Gasteiger partial charge in [0.2, 0.25) is 18.3 Å². The molecule has 0 bridgehead atoms. The average molecular weight is 607 g/mol. The van der Waals surface area contributed by atoms with E-state index in [0.29, 0.717) is 24.4 Å². The van der Waals surface area contributed by atoms with Gasteiger partial charge in [-0.3, -0.25) is 9.59 Å². The Balaban J connectivity index is 1.32. The van der Waals surface area contributed by atoms with E-state index in [0.717, 1.165) is 17.7 Å². The second kappa shape index (κ2) is 11.3. The Morgan fingerprint density at radius 3 is 2.29 bits per heavy atom. The minimum Gasteiger partial charge on any atom is -0.544 e. The number of fused-ring (bicyclic) bond motifs is 1. The van der Waals surface area contributed by atoms with E-state index in [4.69, 9.17) is 9.16 Å². The van der Waals surface area contributed by atoms with Crippen molar-refractivity contribution in [3.05, 3.63) is 83.9 Å². The molecule has 10 heteroatoms. The first-order valence-corrected chi connectivity index (χ1v) is 18.6. The van der Waals surface area contributed by atoms with Crippen LogP contribution in [-0.2, 0) is 21.4 Å². The zero-order chi connectivity index (χ0) is 30.3. The molecule has 1 fully saturated rings. The van der Waals surface area contributed by atoms with E-state index in [2.05, 4.69) is 33.9 Å². The molecule has 2 aliphatic heterocycles. The van der Waals surface area contributed by atoms with Crippen molar-refractivity contribution in [2.45, 2.75) is 69.2 Å². The Hall–Kier alpha value is -3.47. The van der Waals surface area contributed by atoms with Gasteiger partial charge in [-0.25, -0.2) is 8.42 Å². The summed E-state index contributed by atoms with van der Waals surface area (Å²) in [5.74, 6) is 0.0850. The van der Waals surface area contributed by atoms with Gasteiger partial charge in [0.1, 0.15) is 18.1 Å². The summed E-state index contributed by atoms with van der Waals surface area (Å²) in [5, 5.41) is 0.0652. The molecule has 222 valence electrons. The molecule has 3 aromatic carbocycles. The number of ketones is 1. The SMILES string of the molecule is CC(C)(C)[Si](C)(C)Oc1ccc(CN2C(=O)C(=O)c3cc(S(=O)(=O)N4CCCC4COc4ccccc4)ccc32)cc1. The van der Waals surface area contributed by atoms with Crippen LogP contribution in [0, 0.1) is 0 Å². The number of ether oxygens (including phenoxy) is 1. The van der Waals surface area contributed by atoms with Crippen LogP contribution in [0.15, 0.2) is 77.7 Å². The number of para-hydroxylation sites is 1. The van der Waals surface area contributed by atoms with Crippen LogP contribution >= 0.6 is 0 Å². The maximum Gasteiger partial charge on any atom is 0.299 e. The van der Waals surface area contributed by atoms with Crippen LogP contribution in [0.1, 0.15) is 49.5 Å². The zero-order valence-electron chi connectivity index (χ0n) is 24.8. The number of amides is 1. The van der Waals surface area contributed by atoms with Crippen LogP contribution in [-0.4, -0.2) is 51.9 Å². The highest BCUT2D eigenvalue weighted by atomic mass is 32.2. The summed E-state index contributed by atoms with van der Waals surface area (Å²) in [5.41, 5.74) is 1.35. The molecule has 1 saturated heterocycles. The van der Waals surface area contributed by atoms with Crippen LogP contribution in [0.2, 0.25) is 18.1 Å². The first kappa shape index (κ1) is 30.0. The van der Waals surface area contributed by atoms with E-state index in [1.807, 2.05) is 54.6 Å². The first-order valence-electron chi connectivity index (χ1n) is 14.3. The Morgan fingerprint density at radius 2 is 1.62 bits per heavy atom. The zero-order valence-corrected chi connectivity index (χ0v) is 26.6. The fourth-order valence-corrected chi connectivity index (χ4v) is 7.76. The van der Waals surface area contributed by atoms with Crippen molar-refractivity contribution in [3.63, 3.8) is 0 Å². The Bertz CT molecular complexity index is 1580. The molecule has 1 amide bonds. The number of nitrogens with zero attached hydrogens (tertiary/aromatic N) is 2. The van der Waals surface area contributed by atoms with Gasteiger partial charge in [-0.15, -0.1) is 0 Å². The third kappa shape index (κ3) is 5.88. The molecule has 5 rings (SSSR count). The first-order chi connectivity index (χ1) is 19.8. The highest BCUT2D eigenvalue weighted by Gasteiger charge is 2.41. The minimum atomic E-state index is -3.90. The molecule has 0 N–H and O–H groups in total. The van der Waals surface area contributed by atoms with Gasteiger partial charge < -0.3 is 14.1 Å². The minimum absolute atomic E-state index is 0.00277. The summed E-state index contributed by atoms with van der Waals surface area (Å²) in [7, 11) is -5.89. The molecule has 8 nitrogen and oxygen atoms in total. The van der Waals surface area contributed by atoms with Gasteiger partial charge in [-0.1, -0.05) is 51.1 Å². The molecule has 2 heterocycles. The van der Waals surface area contributed by atoms with Crippen molar-refractivity contribution in [2.75, 3.05) is 18.1 Å². The number of hydrogen-bond acceptors (Lipinski definition) is 6. The lowest BCUT2D eigenvalue weighted by atomic mass is 10.1. The molecular weight excluding hydrogens is 569 g/mol. The molecule has 1 atom stereocenters. The molecule has 42 heavy (non-hydrogen) atoms. The van der Waals surface area contributed by atoms with Gasteiger partial charge in [-0.2, -0.15) is 4.31 Å². The standard InChI is InChI=1S/C32H38N2O6SSi/c1-32(2,3)42(4,5)40-26-15-13-23(14-16-26)21-33-29-18-17-27(20-28(29)30(35)31(33)36)41(37,38)34-19-9-10-24(34)22-39-25-11-7-6-8-12-25/h6-8,11-18,20,24H,9-10,19,21-22H2,1-5H3. The molecule has 1 unspecified atom stereocenters. The quantitative estimate of drug-likeness (QED) is 0.218. The van der Waals surface area contributed by atoms with Gasteiger partial charge in [-0.05, 0) is 79.0 Å². The van der Waals surface area contributed by atoms with Crippen LogP contribution < -0.4 is 14.1 Å². The Kier molecular flexibility index (Phi) is 8.08. The van der Waals surface area contributed by atoms with Crippen molar-refractivity contribution < 1.29 is 27.2 Å². The van der Waals surface area contributed by atoms with Crippen LogP contribution in [0.25, 0.3) is 0 Å². The highest BCUT2D eigenvalue weighted by Crippen LogP contribution is 2.38. The molecule has 0 saturated carbocycles. The number of sulfonamides is 1. The van der Waals surface area contributed by atoms with Gasteiger partial charge in [0.05, 0.1) is 28.7 Å². The largest absolute Gasteiger partial charge is 0.544 e. The summed E-state index contributed by atoms with van der Waals surface area (Å²) in [4.78, 5) is 27.4. The average Bonchev–Trinajstić information content (AvgIpc) is 3.52. The third-order valence-corrected chi connectivity index (χ3v) is 14.8. The highest BCUT2D eigenvalue weighted by molar-refractivity contribution is 7.89. The van der Waals surface area contributed by atoms with Crippen LogP contribution in [0.5, 0.6) is 11.5 Å². The second-order valence-corrected chi connectivity index (χ2v) is 19.1. The molecular formula is C32H38N2O6SSi. The van der Waals surface area contributed by atoms with E-state index in [9.17, 15) is 18.0 Å². The monoisotopic (exact) mass is 606 g/mol. The van der Waals surface area contributed by atoms with Crippen molar-refractivity contribution in [2.24, 2.45) is 0 Å². The molecule has 0 aliphatic carbocycles. The number of Topliss-reactive ketones (excluding diaryl/α,β-unsaturated/α-hetero) is 1. The summed E-state index contributed by atoms with van der Waals surface area (Å²) in [6.45, 7) is 11.7. The van der Waals surface area contributed by atoms with E-state index in [1.54, 1.807) is 6.07 Å². The third-order valence-electron chi connectivity index (χ3n) is 8.50. The van der Waals surface area contributed by atoms with Crippen LogP contribution in [0.3, 0.4) is 0 Å². The lowest BCUT2D eigenvalue weighted by molar-refractivity contribution is -0.114. The lowest BCUT2D eigenvalue weighted by Crippen LogP contribution is -2.43. The Labute approximate surface area is 249 Å². The Morgan fingerprint density at radius 1 is 0.929 bits per heavy atom. The maximum absolute atomic E-state index is 13.7. The summed E-state index contributed by atoms with van der Waals surface area (Å²) in [6, 6.07) is 20.9. The van der Waals surface area contributed by atoms with Crippen molar-refractivity contribution in [1.82, 2.24) is 4.31 Å². The normalized spacial score (nSPS) is 17.9. The molecule has 2 aliphatic rings. The maximum atomic E-state index is 13.7. The molecule has 3 aromatic rings. The second-order valence-electron chi connectivity index (χ2n) is 12.4. The number of anilines is 1. The number of benzene rings is 3. The summed E-state index contributed by atoms with van der Waals surface area (Å²) >= 11 is 0. The number of carbonyl (C=O) groups is 2. The molecule has 0 spiro atoms. The topological polar surface area (TPSA) is 93.2 Å². The van der Waals surface area contributed by atoms with E-state index >= 15 is 0 Å². The fourth-order valence-electron chi connectivity index (χ4n) is 5.03. The molecule has 0 radical (unpaired) electrons. The van der Waals surface area contributed by atoms with Gasteiger partial charge in [0, 0.05) is 6.54 Å². The lowest BCUT2D eigenvalue weighted by Gasteiger charge is -2.36. The van der Waals surface area contributed by atoms with Gasteiger partial charge in [0.25, 0.3) is 11.7 Å². The number of hydrogen-bond donors (Lipinski definition) is 0. The van der Waals surface area contributed by atoms with Crippen molar-refractivity contribution in [1.29, 1.82) is 0 Å². The predicted molar refractivity (Wildman–Crippen MR) is 165 cm³/mol. The van der Waals surface area contributed by atoms with E-state index < -0.39 is 30.0 Å². The van der Waals surface area contributed by atoms with Gasteiger partial charge >= 0.3 is 0 Å². The summed E-state index contributed by atoms with van der Waals surface area (Å²) in [6.07, 6.45) is 1.40. The smallest absolute Gasteiger partial charge is 0.299 e. The van der Waals surface area contributed by atoms with Crippen molar-refractivity contribution in [3.8, 4) is 11.5 Å². The predicted octanol–water partition coefficient (Wildman–Crippen LogP) is 6.03. The van der Waals surface area contributed by atoms with E-state index in [1.165, 1.54) is 21.3 Å². The number of carbonyl (C=O) groups excluding carboxylic acids is 2. The van der Waals surface area contributed by atoms with Gasteiger partial charge in [0.15, 0.2) is 0 Å². The molecule has 0 aromatic heterocycles.